The Morgan fingerprint density at radius 3 is 1.38 bits per heavy atom. The van der Waals surface area contributed by atoms with Gasteiger partial charge >= 0.3 is 24.1 Å². The molecular formula is C14H20N2O8. The lowest BCUT2D eigenvalue weighted by atomic mass is 10.5. The van der Waals surface area contributed by atoms with Crippen molar-refractivity contribution in [2.75, 3.05) is 40.5 Å². The summed E-state index contributed by atoms with van der Waals surface area (Å²) < 4.78 is 18.5. The fraction of sp³-hybridized carbons (Fsp3) is 0.429. The fourth-order valence-corrected chi connectivity index (χ4v) is 1.28. The van der Waals surface area contributed by atoms with Crippen LogP contribution in [0.25, 0.3) is 0 Å². The van der Waals surface area contributed by atoms with Gasteiger partial charge in [0, 0.05) is 0 Å². The Kier molecular flexibility index (Phi) is 10.1. The number of carbonyl (C=O) groups is 4. The van der Waals surface area contributed by atoms with Crippen molar-refractivity contribution in [3.05, 3.63) is 25.3 Å². The molecule has 0 rings (SSSR count). The average molecular weight is 344 g/mol. The minimum Gasteiger partial charge on any atom is -0.468 e. The highest BCUT2D eigenvalue weighted by Gasteiger charge is 2.32. The molecule has 0 aromatic heterocycles. The zero-order valence-corrected chi connectivity index (χ0v) is 13.6. The third-order valence-electron chi connectivity index (χ3n) is 2.38. The van der Waals surface area contributed by atoms with Crippen LogP contribution in [0.2, 0.25) is 0 Å². The van der Waals surface area contributed by atoms with Crippen LogP contribution in [0.1, 0.15) is 0 Å². The van der Waals surface area contributed by atoms with Gasteiger partial charge in [-0.2, -0.15) is 0 Å². The number of hydrogen-bond donors (Lipinski definition) is 0. The highest BCUT2D eigenvalue weighted by Crippen LogP contribution is 2.06. The minimum absolute atomic E-state index is 0.176. The Balaban J connectivity index is 5.47. The molecule has 0 unspecified atom stereocenters. The topological polar surface area (TPSA) is 112 Å². The van der Waals surface area contributed by atoms with E-state index < -0.39 is 37.2 Å². The van der Waals surface area contributed by atoms with Crippen molar-refractivity contribution in [2.24, 2.45) is 0 Å². The number of hydrogen-bond acceptors (Lipinski definition) is 8. The molecule has 0 atom stereocenters. The molecule has 0 aromatic rings. The van der Waals surface area contributed by atoms with Crippen molar-refractivity contribution in [1.82, 2.24) is 10.0 Å². The summed E-state index contributed by atoms with van der Waals surface area (Å²) in [7, 11) is 2.19. The Bertz CT molecular complexity index is 447. The van der Waals surface area contributed by atoms with E-state index in [2.05, 4.69) is 22.6 Å². The zero-order chi connectivity index (χ0) is 18.5. The second-order valence-corrected chi connectivity index (χ2v) is 4.00. The van der Waals surface area contributed by atoms with Crippen LogP contribution in [-0.2, 0) is 28.5 Å². The summed E-state index contributed by atoms with van der Waals surface area (Å²) in [6.07, 6.45) is 0.406. The van der Waals surface area contributed by atoms with Crippen LogP contribution in [0.3, 0.4) is 0 Å². The van der Waals surface area contributed by atoms with Crippen LogP contribution in [-0.4, -0.2) is 74.7 Å². The number of methoxy groups -OCH3 is 2. The maximum Gasteiger partial charge on any atom is 0.429 e. The van der Waals surface area contributed by atoms with E-state index in [1.165, 1.54) is 12.2 Å². The van der Waals surface area contributed by atoms with Gasteiger partial charge in [0.05, 0.1) is 14.2 Å². The van der Waals surface area contributed by atoms with E-state index in [1.54, 1.807) is 0 Å². The van der Waals surface area contributed by atoms with Crippen molar-refractivity contribution >= 4 is 24.1 Å². The fourth-order valence-electron chi connectivity index (χ4n) is 1.28. The molecule has 0 spiro atoms. The third kappa shape index (κ3) is 7.29. The van der Waals surface area contributed by atoms with E-state index in [0.29, 0.717) is 10.0 Å². The van der Waals surface area contributed by atoms with Crippen LogP contribution >= 0.6 is 0 Å². The molecule has 10 heteroatoms. The monoisotopic (exact) mass is 344 g/mol. The van der Waals surface area contributed by atoms with Crippen molar-refractivity contribution < 1.29 is 38.1 Å². The van der Waals surface area contributed by atoms with Gasteiger partial charge in [-0.1, -0.05) is 25.3 Å². The highest BCUT2D eigenvalue weighted by atomic mass is 16.6. The number of carbonyl (C=O) groups excluding carboxylic acids is 4. The van der Waals surface area contributed by atoms with Crippen LogP contribution in [0.5, 0.6) is 0 Å². The molecule has 0 heterocycles. The molecule has 0 aromatic carbocycles. The molecule has 24 heavy (non-hydrogen) atoms. The molecule has 0 saturated carbocycles. The van der Waals surface area contributed by atoms with Crippen molar-refractivity contribution in [2.45, 2.75) is 0 Å². The molecule has 134 valence electrons. The molecule has 0 bridgehead atoms. The number of rotatable bonds is 8. The van der Waals surface area contributed by atoms with Crippen molar-refractivity contribution in [3.8, 4) is 0 Å². The molecular weight excluding hydrogens is 324 g/mol. The summed E-state index contributed by atoms with van der Waals surface area (Å²) in [6, 6.07) is 0. The first-order valence-electron chi connectivity index (χ1n) is 6.65. The first-order chi connectivity index (χ1) is 11.4. The lowest BCUT2D eigenvalue weighted by molar-refractivity contribution is -0.151. The van der Waals surface area contributed by atoms with Gasteiger partial charge in [0.15, 0.2) is 0 Å². The van der Waals surface area contributed by atoms with Gasteiger partial charge in [0.2, 0.25) is 0 Å². The Labute approximate surface area is 139 Å². The first kappa shape index (κ1) is 21.0. The van der Waals surface area contributed by atoms with Crippen LogP contribution in [0.4, 0.5) is 9.59 Å². The van der Waals surface area contributed by atoms with Gasteiger partial charge in [-0.15, -0.1) is 0 Å². The van der Waals surface area contributed by atoms with Gasteiger partial charge < -0.3 is 18.9 Å². The second-order valence-electron chi connectivity index (χ2n) is 4.00. The SMILES string of the molecule is C=CCOC(=O)N(CC(=O)OC)N(CC(=O)OC)C(=O)OCC=C. The Hall–Kier alpha value is -3.04. The maximum absolute atomic E-state index is 12.1. The zero-order valence-electron chi connectivity index (χ0n) is 13.6. The van der Waals surface area contributed by atoms with Gasteiger partial charge in [-0.3, -0.25) is 9.59 Å². The average Bonchev–Trinajstić information content (AvgIpc) is 2.59. The predicted octanol–water partition coefficient (Wildman–Crippen LogP) is 0.497. The standard InChI is InChI=1S/C14H20N2O8/c1-5-7-23-13(19)15(9-11(17)21-3)16(10-12(18)22-4)14(20)24-8-6-2/h5-6H,1-2,7-10H2,3-4H3. The minimum atomic E-state index is -1.08. The third-order valence-corrected chi connectivity index (χ3v) is 2.38. The van der Waals surface area contributed by atoms with Crippen molar-refractivity contribution in [1.29, 1.82) is 0 Å². The first-order valence-corrected chi connectivity index (χ1v) is 6.65. The molecule has 0 aliphatic rings. The van der Waals surface area contributed by atoms with Gasteiger partial charge in [-0.05, 0) is 0 Å². The van der Waals surface area contributed by atoms with Crippen LogP contribution < -0.4 is 0 Å². The Morgan fingerprint density at radius 1 is 0.792 bits per heavy atom. The van der Waals surface area contributed by atoms with E-state index in [9.17, 15) is 19.2 Å². The molecule has 0 fully saturated rings. The second kappa shape index (κ2) is 11.5. The number of esters is 2. The van der Waals surface area contributed by atoms with Gasteiger partial charge in [0.1, 0.15) is 26.3 Å². The molecule has 2 amide bonds. The van der Waals surface area contributed by atoms with Crippen LogP contribution in [0, 0.1) is 0 Å². The van der Waals surface area contributed by atoms with E-state index in [0.717, 1.165) is 14.2 Å². The largest absolute Gasteiger partial charge is 0.468 e. The van der Waals surface area contributed by atoms with Crippen LogP contribution in [0.15, 0.2) is 25.3 Å². The van der Waals surface area contributed by atoms with E-state index in [-0.39, 0.29) is 13.2 Å². The molecule has 0 aliphatic heterocycles. The van der Waals surface area contributed by atoms with Gasteiger partial charge in [-0.25, -0.2) is 19.6 Å². The smallest absolute Gasteiger partial charge is 0.429 e. The molecule has 0 N–H and O–H groups in total. The van der Waals surface area contributed by atoms with Crippen molar-refractivity contribution in [3.63, 3.8) is 0 Å². The predicted molar refractivity (Wildman–Crippen MR) is 80.5 cm³/mol. The highest BCUT2D eigenvalue weighted by molar-refractivity contribution is 5.83. The van der Waals surface area contributed by atoms with E-state index in [4.69, 9.17) is 9.47 Å². The normalized spacial score (nSPS) is 9.25. The summed E-state index contributed by atoms with van der Waals surface area (Å²) in [4.78, 5) is 47.1. The number of nitrogens with zero attached hydrogens (tertiary/aromatic N) is 2. The summed E-state index contributed by atoms with van der Waals surface area (Å²) in [6.45, 7) is 5.02. The lowest BCUT2D eigenvalue weighted by Crippen LogP contribution is -2.54. The maximum atomic E-state index is 12.1. The van der Waals surface area contributed by atoms with E-state index >= 15 is 0 Å². The Morgan fingerprint density at radius 2 is 1.12 bits per heavy atom. The quantitative estimate of drug-likeness (QED) is 0.271. The van der Waals surface area contributed by atoms with E-state index in [1.807, 2.05) is 0 Å². The summed E-state index contributed by atoms with van der Waals surface area (Å²) in [5, 5.41) is 1.13. The summed E-state index contributed by atoms with van der Waals surface area (Å²) >= 11 is 0. The number of amides is 2. The van der Waals surface area contributed by atoms with Gasteiger partial charge in [0.25, 0.3) is 0 Å². The molecule has 10 nitrogen and oxygen atoms in total. The number of ether oxygens (including phenoxy) is 4. The number of hydrazine groups is 1. The molecule has 0 aliphatic carbocycles. The lowest BCUT2D eigenvalue weighted by Gasteiger charge is -2.31. The molecule has 0 radical (unpaired) electrons. The summed E-state index contributed by atoms with van der Waals surface area (Å²) in [5.74, 6) is -1.70. The molecule has 0 saturated heterocycles. The summed E-state index contributed by atoms with van der Waals surface area (Å²) in [5.41, 5.74) is 0.